The van der Waals surface area contributed by atoms with Crippen molar-refractivity contribution in [3.05, 3.63) is 48.2 Å². The van der Waals surface area contributed by atoms with Crippen LogP contribution in [0.4, 0.5) is 5.82 Å². The van der Waals surface area contributed by atoms with Gasteiger partial charge in [0.15, 0.2) is 5.82 Å². The second-order valence-electron chi connectivity index (χ2n) is 8.71. The van der Waals surface area contributed by atoms with Crippen molar-refractivity contribution in [2.75, 3.05) is 45.1 Å². The highest BCUT2D eigenvalue weighted by molar-refractivity contribution is 5.91. The number of carbonyl (C=O) groups is 1. The van der Waals surface area contributed by atoms with Crippen LogP contribution in [0, 0.1) is 5.41 Å². The van der Waals surface area contributed by atoms with E-state index in [-0.39, 0.29) is 5.91 Å². The van der Waals surface area contributed by atoms with Gasteiger partial charge < -0.3 is 10.2 Å². The maximum atomic E-state index is 12.3. The molecule has 1 spiro atoms. The summed E-state index contributed by atoms with van der Waals surface area (Å²) < 4.78 is 1.70. The second-order valence-corrected chi connectivity index (χ2v) is 8.71. The molecule has 0 saturated carbocycles. The van der Waals surface area contributed by atoms with Crippen LogP contribution in [0.5, 0.6) is 0 Å². The molecule has 2 aromatic rings. The van der Waals surface area contributed by atoms with Gasteiger partial charge in [-0.05, 0) is 56.3 Å². The summed E-state index contributed by atoms with van der Waals surface area (Å²) in [6.07, 6.45) is 5.42. The number of aryl methyl sites for hydroxylation is 1. The average molecular weight is 382 g/mol. The zero-order valence-electron chi connectivity index (χ0n) is 17.0. The molecule has 6 nitrogen and oxygen atoms in total. The highest BCUT2D eigenvalue weighted by Gasteiger charge is 2.41. The summed E-state index contributed by atoms with van der Waals surface area (Å²) in [6, 6.07) is 12.8. The number of anilines is 1. The molecule has 0 bridgehead atoms. The summed E-state index contributed by atoms with van der Waals surface area (Å²) >= 11 is 0. The standard InChI is InChI=1S/C22H31N5O/c1-25-15-19(18-6-4-3-5-7-18)14-22(17-25)9-12-27(13-10-22)16-21(28)23-20-8-11-26(2)24-20/h3-8,11,19H,9-10,12-17H2,1-2H3,(H,23,24,28)/t19-/m1/s1. The van der Waals surface area contributed by atoms with Crippen LogP contribution in [0.2, 0.25) is 0 Å². The molecule has 0 unspecified atom stereocenters. The SMILES string of the molecule is CN1C[C@H](c2ccccc2)CC2(CCN(CC(=O)Nc3ccn(C)n3)CC2)C1. The maximum Gasteiger partial charge on any atom is 0.239 e. The van der Waals surface area contributed by atoms with Gasteiger partial charge >= 0.3 is 0 Å². The topological polar surface area (TPSA) is 53.4 Å². The van der Waals surface area contributed by atoms with Crippen LogP contribution in [-0.4, -0.2) is 65.3 Å². The Morgan fingerprint density at radius 2 is 1.93 bits per heavy atom. The van der Waals surface area contributed by atoms with Crippen molar-refractivity contribution in [1.82, 2.24) is 19.6 Å². The summed E-state index contributed by atoms with van der Waals surface area (Å²) in [6.45, 7) is 4.74. The van der Waals surface area contributed by atoms with Gasteiger partial charge in [0.05, 0.1) is 6.54 Å². The number of nitrogens with one attached hydrogen (secondary N) is 1. The first-order valence-corrected chi connectivity index (χ1v) is 10.3. The molecule has 1 N–H and O–H groups in total. The van der Waals surface area contributed by atoms with Crippen molar-refractivity contribution in [2.45, 2.75) is 25.2 Å². The van der Waals surface area contributed by atoms with E-state index in [4.69, 9.17) is 0 Å². The van der Waals surface area contributed by atoms with Crippen LogP contribution in [0.25, 0.3) is 0 Å². The van der Waals surface area contributed by atoms with E-state index >= 15 is 0 Å². The van der Waals surface area contributed by atoms with E-state index in [2.05, 4.69) is 57.6 Å². The van der Waals surface area contributed by atoms with Crippen LogP contribution >= 0.6 is 0 Å². The van der Waals surface area contributed by atoms with Crippen LogP contribution in [0.3, 0.4) is 0 Å². The van der Waals surface area contributed by atoms with Crippen molar-refractivity contribution >= 4 is 11.7 Å². The molecule has 2 aliphatic rings. The Bertz CT molecular complexity index is 794. The lowest BCUT2D eigenvalue weighted by Crippen LogP contribution is -2.51. The molecule has 0 aliphatic carbocycles. The Hall–Kier alpha value is -2.18. The van der Waals surface area contributed by atoms with E-state index in [0.717, 1.165) is 32.5 Å². The minimum atomic E-state index is 0.0255. The Balaban J connectivity index is 1.32. The quantitative estimate of drug-likeness (QED) is 0.884. The Morgan fingerprint density at radius 1 is 1.18 bits per heavy atom. The number of likely N-dealkylation sites (N-methyl/N-ethyl adjacent to an activating group) is 1. The number of hydrogen-bond donors (Lipinski definition) is 1. The van der Waals surface area contributed by atoms with E-state index < -0.39 is 0 Å². The van der Waals surface area contributed by atoms with Gasteiger partial charge in [-0.3, -0.25) is 14.4 Å². The second kappa shape index (κ2) is 8.05. The van der Waals surface area contributed by atoms with Crippen molar-refractivity contribution in [3.63, 3.8) is 0 Å². The first-order chi connectivity index (χ1) is 13.5. The number of carbonyl (C=O) groups excluding carboxylic acids is 1. The molecular formula is C22H31N5O. The lowest BCUT2D eigenvalue weighted by Gasteiger charge is -2.49. The van der Waals surface area contributed by atoms with Crippen LogP contribution in [0.1, 0.15) is 30.7 Å². The predicted molar refractivity (Wildman–Crippen MR) is 111 cm³/mol. The maximum absolute atomic E-state index is 12.3. The fraction of sp³-hybridized carbons (Fsp3) is 0.545. The molecule has 1 aromatic heterocycles. The van der Waals surface area contributed by atoms with Gasteiger partial charge in [-0.15, -0.1) is 0 Å². The molecule has 28 heavy (non-hydrogen) atoms. The number of likely N-dealkylation sites (tertiary alicyclic amines) is 2. The van der Waals surface area contributed by atoms with Crippen LogP contribution in [-0.2, 0) is 11.8 Å². The molecule has 150 valence electrons. The Labute approximate surface area is 167 Å². The minimum absolute atomic E-state index is 0.0255. The fourth-order valence-corrected chi connectivity index (χ4v) is 5.03. The zero-order valence-corrected chi connectivity index (χ0v) is 17.0. The van der Waals surface area contributed by atoms with E-state index in [1.807, 2.05) is 19.3 Å². The monoisotopic (exact) mass is 381 g/mol. The molecule has 1 atom stereocenters. The largest absolute Gasteiger partial charge is 0.308 e. The third-order valence-corrected chi connectivity index (χ3v) is 6.35. The van der Waals surface area contributed by atoms with E-state index in [1.54, 1.807) is 4.68 Å². The van der Waals surface area contributed by atoms with E-state index in [0.29, 0.717) is 23.7 Å². The smallest absolute Gasteiger partial charge is 0.239 e. The highest BCUT2D eigenvalue weighted by atomic mass is 16.2. The highest BCUT2D eigenvalue weighted by Crippen LogP contribution is 2.44. The molecule has 2 fully saturated rings. The van der Waals surface area contributed by atoms with E-state index in [1.165, 1.54) is 18.5 Å². The van der Waals surface area contributed by atoms with Gasteiger partial charge in [-0.2, -0.15) is 5.10 Å². The van der Waals surface area contributed by atoms with Gasteiger partial charge in [0.25, 0.3) is 0 Å². The summed E-state index contributed by atoms with van der Waals surface area (Å²) in [5.41, 5.74) is 1.84. The Morgan fingerprint density at radius 3 is 2.61 bits per heavy atom. The van der Waals surface area contributed by atoms with Crippen molar-refractivity contribution in [1.29, 1.82) is 0 Å². The molecular weight excluding hydrogens is 350 g/mol. The molecule has 4 rings (SSSR count). The molecule has 6 heteroatoms. The minimum Gasteiger partial charge on any atom is -0.308 e. The fourth-order valence-electron chi connectivity index (χ4n) is 5.03. The summed E-state index contributed by atoms with van der Waals surface area (Å²) in [5, 5.41) is 7.11. The lowest BCUT2D eigenvalue weighted by atomic mass is 9.68. The molecule has 1 aromatic carbocycles. The van der Waals surface area contributed by atoms with Gasteiger partial charge in [0.1, 0.15) is 0 Å². The average Bonchev–Trinajstić information content (AvgIpc) is 3.08. The van der Waals surface area contributed by atoms with Gasteiger partial charge in [0.2, 0.25) is 5.91 Å². The van der Waals surface area contributed by atoms with Crippen LogP contribution < -0.4 is 5.32 Å². The first kappa shape index (κ1) is 19.2. The third kappa shape index (κ3) is 4.45. The molecule has 3 heterocycles. The first-order valence-electron chi connectivity index (χ1n) is 10.3. The number of piperidine rings is 2. The number of nitrogens with zero attached hydrogens (tertiary/aromatic N) is 4. The molecule has 0 radical (unpaired) electrons. The third-order valence-electron chi connectivity index (χ3n) is 6.35. The lowest BCUT2D eigenvalue weighted by molar-refractivity contribution is -0.118. The van der Waals surface area contributed by atoms with E-state index in [9.17, 15) is 4.79 Å². The summed E-state index contributed by atoms with van der Waals surface area (Å²) in [5.74, 6) is 1.26. The van der Waals surface area contributed by atoms with Crippen molar-refractivity contribution < 1.29 is 4.79 Å². The number of rotatable bonds is 4. The van der Waals surface area contributed by atoms with Crippen molar-refractivity contribution in [2.24, 2.45) is 12.5 Å². The summed E-state index contributed by atoms with van der Waals surface area (Å²) in [4.78, 5) is 17.1. The number of aromatic nitrogens is 2. The normalized spacial score (nSPS) is 23.0. The molecule has 1 amide bonds. The Kier molecular flexibility index (Phi) is 5.51. The van der Waals surface area contributed by atoms with Crippen LogP contribution in [0.15, 0.2) is 42.6 Å². The zero-order chi connectivity index (χ0) is 19.6. The van der Waals surface area contributed by atoms with Gasteiger partial charge in [-0.25, -0.2) is 0 Å². The van der Waals surface area contributed by atoms with Gasteiger partial charge in [0, 0.05) is 32.4 Å². The number of hydrogen-bond acceptors (Lipinski definition) is 4. The van der Waals surface area contributed by atoms with Gasteiger partial charge in [-0.1, -0.05) is 30.3 Å². The number of benzene rings is 1. The molecule has 2 aliphatic heterocycles. The van der Waals surface area contributed by atoms with Crippen molar-refractivity contribution in [3.8, 4) is 0 Å². The summed E-state index contributed by atoms with van der Waals surface area (Å²) in [7, 11) is 4.10. The predicted octanol–water partition coefficient (Wildman–Crippen LogP) is 2.56. The number of amides is 1. The molecule has 2 saturated heterocycles.